The van der Waals surface area contributed by atoms with Gasteiger partial charge >= 0.3 is 0 Å². The number of nitrogens with one attached hydrogen (secondary N) is 1. The first kappa shape index (κ1) is 9.51. The molecule has 2 aromatic rings. The zero-order valence-electron chi connectivity index (χ0n) is 8.15. The van der Waals surface area contributed by atoms with Crippen LogP contribution >= 0.6 is 0 Å². The third kappa shape index (κ3) is 1.63. The molecule has 2 aromatic heterocycles. The zero-order chi connectivity index (χ0) is 10.8. The van der Waals surface area contributed by atoms with Crippen LogP contribution in [-0.2, 0) is 6.42 Å². The lowest BCUT2D eigenvalue weighted by atomic mass is 10.2. The average Bonchev–Trinajstić information content (AvgIpc) is 2.69. The molecule has 78 valence electrons. The second-order valence-corrected chi connectivity index (χ2v) is 3.05. The molecule has 0 saturated carbocycles. The normalized spacial score (nSPS) is 10.5. The molecule has 0 saturated heterocycles. The van der Waals surface area contributed by atoms with Gasteiger partial charge in [-0.15, -0.1) is 0 Å². The van der Waals surface area contributed by atoms with E-state index in [1.165, 1.54) is 6.26 Å². The van der Waals surface area contributed by atoms with E-state index >= 15 is 0 Å². The third-order valence-corrected chi connectivity index (χ3v) is 2.10. The number of aromatic hydroxyl groups is 1. The van der Waals surface area contributed by atoms with Crippen LogP contribution in [0.1, 0.15) is 12.5 Å². The third-order valence-electron chi connectivity index (χ3n) is 2.10. The Balaban J connectivity index is 2.58. The van der Waals surface area contributed by atoms with Gasteiger partial charge in [0, 0.05) is 0 Å². The van der Waals surface area contributed by atoms with Gasteiger partial charge in [-0.25, -0.2) is 0 Å². The number of aromatic amines is 1. The quantitative estimate of drug-likeness (QED) is 0.776. The number of furan rings is 1. The number of hydrogen-bond donors (Lipinski definition) is 2. The molecule has 0 radical (unpaired) electrons. The van der Waals surface area contributed by atoms with Crippen LogP contribution in [0, 0.1) is 0 Å². The molecule has 0 spiro atoms. The summed E-state index contributed by atoms with van der Waals surface area (Å²) in [6, 6.07) is 3.34. The summed E-state index contributed by atoms with van der Waals surface area (Å²) in [4.78, 5) is 17.9. The minimum Gasteiger partial charge on any atom is -0.493 e. The van der Waals surface area contributed by atoms with Crippen molar-refractivity contribution in [3.8, 4) is 17.5 Å². The molecule has 0 amide bonds. The molecule has 0 aliphatic carbocycles. The van der Waals surface area contributed by atoms with Crippen molar-refractivity contribution < 1.29 is 9.52 Å². The molecule has 0 aliphatic rings. The predicted molar refractivity (Wildman–Crippen MR) is 53.6 cm³/mol. The summed E-state index contributed by atoms with van der Waals surface area (Å²) < 4.78 is 5.06. The highest BCUT2D eigenvalue weighted by Gasteiger charge is 2.11. The molecule has 5 nitrogen and oxygen atoms in total. The van der Waals surface area contributed by atoms with Crippen molar-refractivity contribution in [2.24, 2.45) is 0 Å². The van der Waals surface area contributed by atoms with Gasteiger partial charge in [0.25, 0.3) is 5.56 Å². The van der Waals surface area contributed by atoms with Crippen LogP contribution in [0.25, 0.3) is 11.6 Å². The number of hydrogen-bond acceptors (Lipinski definition) is 4. The van der Waals surface area contributed by atoms with Crippen LogP contribution in [0.2, 0.25) is 0 Å². The van der Waals surface area contributed by atoms with Gasteiger partial charge in [-0.3, -0.25) is 4.79 Å². The molecule has 0 aliphatic heterocycles. The summed E-state index contributed by atoms with van der Waals surface area (Å²) in [5, 5.41) is 9.50. The fourth-order valence-electron chi connectivity index (χ4n) is 1.33. The molecule has 0 aromatic carbocycles. The molecule has 2 N–H and O–H groups in total. The Morgan fingerprint density at radius 2 is 2.40 bits per heavy atom. The Kier molecular flexibility index (Phi) is 2.29. The second kappa shape index (κ2) is 3.61. The van der Waals surface area contributed by atoms with Gasteiger partial charge in [0.15, 0.2) is 11.6 Å². The van der Waals surface area contributed by atoms with Gasteiger partial charge in [-0.1, -0.05) is 6.92 Å². The first-order valence-electron chi connectivity index (χ1n) is 4.58. The fraction of sp³-hybridized carbons (Fsp3) is 0.200. The van der Waals surface area contributed by atoms with Crippen molar-refractivity contribution in [1.82, 2.24) is 9.97 Å². The van der Waals surface area contributed by atoms with Crippen LogP contribution in [0.4, 0.5) is 0 Å². The van der Waals surface area contributed by atoms with Crippen molar-refractivity contribution in [3.05, 3.63) is 34.3 Å². The van der Waals surface area contributed by atoms with Crippen molar-refractivity contribution in [3.63, 3.8) is 0 Å². The first-order chi connectivity index (χ1) is 7.22. The number of nitrogens with zero attached hydrogens (tertiary/aromatic N) is 1. The van der Waals surface area contributed by atoms with Crippen LogP contribution in [0.5, 0.6) is 5.88 Å². The monoisotopic (exact) mass is 206 g/mol. The summed E-state index contributed by atoms with van der Waals surface area (Å²) in [6.07, 6.45) is 1.91. The van der Waals surface area contributed by atoms with E-state index in [-0.39, 0.29) is 22.8 Å². The Morgan fingerprint density at radius 3 is 2.93 bits per heavy atom. The molecule has 0 fully saturated rings. The van der Waals surface area contributed by atoms with Crippen LogP contribution in [0.3, 0.4) is 0 Å². The molecule has 2 heterocycles. The van der Waals surface area contributed by atoms with E-state index in [2.05, 4.69) is 9.97 Å². The number of aromatic nitrogens is 2. The molecule has 0 unspecified atom stereocenters. The average molecular weight is 206 g/mol. The van der Waals surface area contributed by atoms with Crippen LogP contribution < -0.4 is 5.56 Å². The van der Waals surface area contributed by atoms with E-state index in [1.807, 2.05) is 0 Å². The highest BCUT2D eigenvalue weighted by molar-refractivity contribution is 5.47. The molecular weight excluding hydrogens is 196 g/mol. The Bertz CT molecular complexity index is 514. The smallest absolute Gasteiger partial charge is 0.258 e. The fourth-order valence-corrected chi connectivity index (χ4v) is 1.33. The van der Waals surface area contributed by atoms with E-state index < -0.39 is 0 Å². The number of rotatable bonds is 2. The van der Waals surface area contributed by atoms with Crippen molar-refractivity contribution >= 4 is 0 Å². The molecule has 2 rings (SSSR count). The minimum absolute atomic E-state index is 0.236. The lowest BCUT2D eigenvalue weighted by molar-refractivity contribution is 0.443. The summed E-state index contributed by atoms with van der Waals surface area (Å²) in [5.74, 6) is 0.414. The summed E-state index contributed by atoms with van der Waals surface area (Å²) >= 11 is 0. The molecular formula is C10H10N2O3. The maximum Gasteiger partial charge on any atom is 0.258 e. The first-order valence-corrected chi connectivity index (χ1v) is 4.58. The SMILES string of the molecule is CCc1c(O)nc(-c2ccco2)[nH]c1=O. The molecule has 0 atom stereocenters. The van der Waals surface area contributed by atoms with Gasteiger partial charge in [0.2, 0.25) is 5.88 Å². The summed E-state index contributed by atoms with van der Waals surface area (Å²) in [6.45, 7) is 1.78. The summed E-state index contributed by atoms with van der Waals surface area (Å²) in [5.41, 5.74) is -0.0540. The lowest BCUT2D eigenvalue weighted by Crippen LogP contribution is -2.14. The Labute approximate surface area is 85.4 Å². The van der Waals surface area contributed by atoms with E-state index in [0.717, 1.165) is 0 Å². The highest BCUT2D eigenvalue weighted by atomic mass is 16.3. The van der Waals surface area contributed by atoms with E-state index in [1.54, 1.807) is 19.1 Å². The van der Waals surface area contributed by atoms with Gasteiger partial charge in [0.05, 0.1) is 11.8 Å². The maximum absolute atomic E-state index is 11.5. The van der Waals surface area contributed by atoms with E-state index in [0.29, 0.717) is 12.2 Å². The molecule has 5 heteroatoms. The van der Waals surface area contributed by atoms with E-state index in [9.17, 15) is 9.90 Å². The highest BCUT2D eigenvalue weighted by Crippen LogP contribution is 2.17. The lowest BCUT2D eigenvalue weighted by Gasteiger charge is -2.01. The maximum atomic E-state index is 11.5. The largest absolute Gasteiger partial charge is 0.493 e. The predicted octanol–water partition coefficient (Wildman–Crippen LogP) is 1.30. The van der Waals surface area contributed by atoms with Gasteiger partial charge in [-0.2, -0.15) is 4.98 Å². The second-order valence-electron chi connectivity index (χ2n) is 3.05. The Morgan fingerprint density at radius 1 is 1.60 bits per heavy atom. The summed E-state index contributed by atoms with van der Waals surface area (Å²) in [7, 11) is 0. The van der Waals surface area contributed by atoms with E-state index in [4.69, 9.17) is 4.42 Å². The molecule has 0 bridgehead atoms. The number of H-pyrrole nitrogens is 1. The van der Waals surface area contributed by atoms with Crippen molar-refractivity contribution in [2.75, 3.05) is 0 Å². The van der Waals surface area contributed by atoms with Gasteiger partial charge in [0.1, 0.15) is 0 Å². The van der Waals surface area contributed by atoms with Crippen LogP contribution in [-0.4, -0.2) is 15.1 Å². The Hall–Kier alpha value is -2.04. The van der Waals surface area contributed by atoms with Crippen molar-refractivity contribution in [1.29, 1.82) is 0 Å². The topological polar surface area (TPSA) is 79.1 Å². The van der Waals surface area contributed by atoms with Crippen LogP contribution in [0.15, 0.2) is 27.6 Å². The minimum atomic E-state index is -0.337. The standard InChI is InChI=1S/C10H10N2O3/c1-2-6-9(13)11-8(12-10(6)14)7-4-3-5-15-7/h3-5H,2H2,1H3,(H2,11,12,13,14). The van der Waals surface area contributed by atoms with Crippen molar-refractivity contribution in [2.45, 2.75) is 13.3 Å². The molecule has 15 heavy (non-hydrogen) atoms. The van der Waals surface area contributed by atoms with Gasteiger partial charge < -0.3 is 14.5 Å². The van der Waals surface area contributed by atoms with Gasteiger partial charge in [-0.05, 0) is 18.6 Å². The zero-order valence-corrected chi connectivity index (χ0v) is 8.15.